The zero-order chi connectivity index (χ0) is 35.4. The van der Waals surface area contributed by atoms with E-state index >= 15 is 4.39 Å². The first kappa shape index (κ1) is 38.2. The van der Waals surface area contributed by atoms with Crippen molar-refractivity contribution in [1.29, 1.82) is 0 Å². The molecule has 2 N–H and O–H groups in total. The molecule has 2 aromatic heterocycles. The molecule has 0 aliphatic rings. The number of hydrogen-bond donors (Lipinski definition) is 2. The molecule has 47 heavy (non-hydrogen) atoms. The summed E-state index contributed by atoms with van der Waals surface area (Å²) < 4.78 is 41.4. The minimum absolute atomic E-state index is 0.00977. The van der Waals surface area contributed by atoms with E-state index in [-0.39, 0.29) is 17.2 Å². The van der Waals surface area contributed by atoms with E-state index in [4.69, 9.17) is 18.6 Å². The molecule has 1 amide bonds. The predicted octanol–water partition coefficient (Wildman–Crippen LogP) is 8.32. The molecule has 260 valence electrons. The molecule has 10 nitrogen and oxygen atoms in total. The summed E-state index contributed by atoms with van der Waals surface area (Å²) in [5, 5.41) is 12.7. The molecular formula is C34H52FN3O7Si2. The lowest BCUT2D eigenvalue weighted by Crippen LogP contribution is -2.44. The summed E-state index contributed by atoms with van der Waals surface area (Å²) in [5.74, 6) is -1.57. The van der Waals surface area contributed by atoms with E-state index in [1.807, 2.05) is 10.8 Å². The normalized spacial score (nSPS) is 13.4. The van der Waals surface area contributed by atoms with Gasteiger partial charge >= 0.3 is 12.1 Å². The van der Waals surface area contributed by atoms with Crippen LogP contribution in [0.2, 0.25) is 43.8 Å². The Hall–Kier alpha value is -3.27. The second-order valence-corrected chi connectivity index (χ2v) is 26.1. The van der Waals surface area contributed by atoms with Crippen molar-refractivity contribution >= 4 is 39.5 Å². The standard InChI is InChI=1S/C34H52FN3O7Si2/c1-33(2,3)45-32(41)37-26(31(39)40)19-23-12-13-27(25(35)18-23)44-28-14-15-36-30-29(28)24(21-43-47(10,11)34(4,5)6)20-38(30)22-42-16-17-46(7,8)9/h12-15,18,20,26H,16-17,19,21-22H2,1-11H3,(H,37,41)(H,39,40)/t26-/m0/s1. The number of nitrogens with one attached hydrogen (secondary N) is 1. The third kappa shape index (κ3) is 11.2. The van der Waals surface area contributed by atoms with E-state index in [0.29, 0.717) is 42.3 Å². The van der Waals surface area contributed by atoms with Crippen molar-refractivity contribution < 1.29 is 37.7 Å². The third-order valence-electron chi connectivity index (χ3n) is 8.06. The molecular weight excluding hydrogens is 638 g/mol. The van der Waals surface area contributed by atoms with Crippen molar-refractivity contribution in [2.24, 2.45) is 0 Å². The van der Waals surface area contributed by atoms with Gasteiger partial charge in [0.1, 0.15) is 29.8 Å². The maximum absolute atomic E-state index is 15.5. The topological polar surface area (TPSA) is 121 Å². The smallest absolute Gasteiger partial charge is 0.408 e. The number of amides is 1. The van der Waals surface area contributed by atoms with Crippen LogP contribution in [0.5, 0.6) is 11.5 Å². The highest BCUT2D eigenvalue weighted by Gasteiger charge is 2.37. The van der Waals surface area contributed by atoms with Crippen molar-refractivity contribution in [2.75, 3.05) is 6.61 Å². The van der Waals surface area contributed by atoms with Gasteiger partial charge in [0, 0.05) is 39.1 Å². The summed E-state index contributed by atoms with van der Waals surface area (Å²) in [6.07, 6.45) is 2.56. The lowest BCUT2D eigenvalue weighted by Gasteiger charge is -2.36. The van der Waals surface area contributed by atoms with E-state index in [0.717, 1.165) is 11.6 Å². The van der Waals surface area contributed by atoms with Gasteiger partial charge in [-0.3, -0.25) is 0 Å². The van der Waals surface area contributed by atoms with Crippen LogP contribution in [-0.4, -0.2) is 61.4 Å². The fourth-order valence-corrected chi connectivity index (χ4v) is 6.04. The molecule has 1 aromatic carbocycles. The number of halogens is 1. The lowest BCUT2D eigenvalue weighted by molar-refractivity contribution is -0.139. The number of ether oxygens (including phenoxy) is 3. The second kappa shape index (κ2) is 14.9. The van der Waals surface area contributed by atoms with Gasteiger partial charge in [-0.1, -0.05) is 46.5 Å². The summed E-state index contributed by atoms with van der Waals surface area (Å²) in [7, 11) is -3.36. The molecule has 0 radical (unpaired) electrons. The van der Waals surface area contributed by atoms with Crippen molar-refractivity contribution in [3.05, 3.63) is 53.6 Å². The van der Waals surface area contributed by atoms with E-state index in [2.05, 4.69) is 63.8 Å². The SMILES string of the molecule is CC(C)(C)OC(=O)N[C@@H](Cc1ccc(Oc2ccnc3c2c(CO[Si](C)(C)C(C)(C)C)cn3COCC[Si](C)(C)C)c(F)c1)C(=O)O. The Morgan fingerprint density at radius 3 is 2.30 bits per heavy atom. The lowest BCUT2D eigenvalue weighted by atomic mass is 10.1. The van der Waals surface area contributed by atoms with Crippen LogP contribution in [0.3, 0.4) is 0 Å². The van der Waals surface area contributed by atoms with Crippen LogP contribution in [0, 0.1) is 5.82 Å². The predicted molar refractivity (Wildman–Crippen MR) is 187 cm³/mol. The Balaban J connectivity index is 1.90. The number of benzene rings is 1. The monoisotopic (exact) mass is 689 g/mol. The number of nitrogens with zero attached hydrogens (tertiary/aromatic N) is 2. The molecule has 0 saturated heterocycles. The Morgan fingerprint density at radius 2 is 1.72 bits per heavy atom. The third-order valence-corrected chi connectivity index (χ3v) is 14.2. The number of aliphatic carboxylic acids is 1. The second-order valence-electron chi connectivity index (χ2n) is 15.6. The number of carboxylic acid groups (broad SMARTS) is 1. The van der Waals surface area contributed by atoms with E-state index in [9.17, 15) is 14.7 Å². The van der Waals surface area contributed by atoms with Crippen LogP contribution >= 0.6 is 0 Å². The molecule has 0 unspecified atom stereocenters. The first-order chi connectivity index (χ1) is 21.6. The summed E-state index contributed by atoms with van der Waals surface area (Å²) in [6.45, 7) is 24.2. The fraction of sp³-hybridized carbons (Fsp3) is 0.559. The van der Waals surface area contributed by atoms with Gasteiger partial charge < -0.3 is 33.6 Å². The number of rotatable bonds is 14. The van der Waals surface area contributed by atoms with Crippen LogP contribution in [0.4, 0.5) is 9.18 Å². The summed E-state index contributed by atoms with van der Waals surface area (Å²) in [6, 6.07) is 5.64. The molecule has 2 heterocycles. The van der Waals surface area contributed by atoms with Gasteiger partial charge in [0.05, 0.1) is 12.0 Å². The zero-order valence-electron chi connectivity index (χ0n) is 29.7. The van der Waals surface area contributed by atoms with E-state index in [1.165, 1.54) is 12.1 Å². The van der Waals surface area contributed by atoms with Gasteiger partial charge in [-0.05, 0) is 68.7 Å². The number of aromatic nitrogens is 2. The molecule has 3 aromatic rings. The first-order valence-electron chi connectivity index (χ1n) is 15.9. The van der Waals surface area contributed by atoms with Crippen LogP contribution in [0.1, 0.15) is 52.7 Å². The Kier molecular flexibility index (Phi) is 12.1. The molecule has 0 bridgehead atoms. The van der Waals surface area contributed by atoms with Gasteiger partial charge in [0.2, 0.25) is 0 Å². The number of carbonyl (C=O) groups excluding carboxylic acids is 1. The van der Waals surface area contributed by atoms with Gasteiger partial charge in [-0.15, -0.1) is 0 Å². The Labute approximate surface area is 280 Å². The summed E-state index contributed by atoms with van der Waals surface area (Å²) in [5.41, 5.74) is 1.06. The van der Waals surface area contributed by atoms with Crippen molar-refractivity contribution in [3.8, 4) is 11.5 Å². The average Bonchev–Trinajstić information content (AvgIpc) is 3.27. The molecule has 0 saturated carbocycles. The highest BCUT2D eigenvalue weighted by molar-refractivity contribution is 6.76. The average molecular weight is 690 g/mol. The van der Waals surface area contributed by atoms with E-state index in [1.54, 1.807) is 39.1 Å². The van der Waals surface area contributed by atoms with Crippen LogP contribution in [-0.2, 0) is 38.5 Å². The van der Waals surface area contributed by atoms with Gasteiger partial charge in [0.25, 0.3) is 0 Å². The minimum Gasteiger partial charge on any atom is -0.480 e. The molecule has 0 fully saturated rings. The van der Waals surface area contributed by atoms with Gasteiger partial charge in [-0.2, -0.15) is 0 Å². The van der Waals surface area contributed by atoms with Gasteiger partial charge in [0.15, 0.2) is 19.9 Å². The van der Waals surface area contributed by atoms with Crippen molar-refractivity contribution in [2.45, 2.75) is 117 Å². The number of hydrogen-bond acceptors (Lipinski definition) is 7. The fourth-order valence-electron chi connectivity index (χ4n) is 4.33. The Bertz CT molecular complexity index is 1560. The largest absolute Gasteiger partial charge is 0.480 e. The molecule has 3 rings (SSSR count). The molecule has 13 heteroatoms. The number of carboxylic acids is 1. The first-order valence-corrected chi connectivity index (χ1v) is 22.5. The quantitative estimate of drug-likeness (QED) is 0.128. The number of fused-ring (bicyclic) bond motifs is 1. The van der Waals surface area contributed by atoms with Crippen LogP contribution in [0.25, 0.3) is 11.0 Å². The molecule has 0 spiro atoms. The molecule has 1 atom stereocenters. The van der Waals surface area contributed by atoms with Crippen LogP contribution in [0.15, 0.2) is 36.7 Å². The molecule has 0 aliphatic heterocycles. The summed E-state index contributed by atoms with van der Waals surface area (Å²) >= 11 is 0. The molecule has 0 aliphatic carbocycles. The Morgan fingerprint density at radius 1 is 1.04 bits per heavy atom. The maximum atomic E-state index is 15.5. The summed E-state index contributed by atoms with van der Waals surface area (Å²) in [4.78, 5) is 28.6. The highest BCUT2D eigenvalue weighted by atomic mass is 28.4. The zero-order valence-corrected chi connectivity index (χ0v) is 31.7. The van der Waals surface area contributed by atoms with Crippen LogP contribution < -0.4 is 10.1 Å². The number of carbonyl (C=O) groups is 2. The van der Waals surface area contributed by atoms with Crippen molar-refractivity contribution in [3.63, 3.8) is 0 Å². The van der Waals surface area contributed by atoms with Gasteiger partial charge in [-0.25, -0.2) is 19.0 Å². The van der Waals surface area contributed by atoms with E-state index < -0.39 is 45.9 Å². The highest BCUT2D eigenvalue weighted by Crippen LogP contribution is 2.39. The number of alkyl carbamates (subject to hydrolysis) is 1. The maximum Gasteiger partial charge on any atom is 0.408 e. The van der Waals surface area contributed by atoms with Crippen molar-refractivity contribution in [1.82, 2.24) is 14.9 Å². The minimum atomic E-state index is -2.10. The number of pyridine rings is 1.